The fourth-order valence-electron chi connectivity index (χ4n) is 1.83. The molecule has 2 N–H and O–H groups in total. The van der Waals surface area contributed by atoms with E-state index in [4.69, 9.17) is 0 Å². The summed E-state index contributed by atoms with van der Waals surface area (Å²) in [7, 11) is -3.59. The molecule has 0 aliphatic heterocycles. The third-order valence-electron chi connectivity index (χ3n) is 3.00. The monoisotopic (exact) mass is 331 g/mol. The van der Waals surface area contributed by atoms with Crippen LogP contribution in [0.4, 0.5) is 5.82 Å². The van der Waals surface area contributed by atoms with Gasteiger partial charge in [-0.1, -0.05) is 6.08 Å². The highest BCUT2D eigenvalue weighted by Gasteiger charge is 2.14. The van der Waals surface area contributed by atoms with Gasteiger partial charge in [0.1, 0.15) is 5.82 Å². The number of hydrogen-bond donors (Lipinski definition) is 2. The van der Waals surface area contributed by atoms with Gasteiger partial charge in [0.2, 0.25) is 10.0 Å². The van der Waals surface area contributed by atoms with E-state index in [9.17, 15) is 13.2 Å². The van der Waals surface area contributed by atoms with Crippen LogP contribution < -0.4 is 10.0 Å². The number of carbonyl (C=O) groups excluding carboxylic acids is 1. The lowest BCUT2D eigenvalue weighted by molar-refractivity contribution is 0.102. The zero-order valence-electron chi connectivity index (χ0n) is 12.6. The number of rotatable bonds is 6. The molecule has 0 aliphatic rings. The number of amides is 1. The number of pyridine rings is 1. The first kappa shape index (κ1) is 16.9. The van der Waals surface area contributed by atoms with Crippen molar-refractivity contribution in [3.63, 3.8) is 0 Å². The molecule has 2 aromatic rings. The van der Waals surface area contributed by atoms with E-state index in [-0.39, 0.29) is 17.3 Å². The number of anilines is 1. The van der Waals surface area contributed by atoms with Crippen molar-refractivity contribution >= 4 is 21.7 Å². The predicted molar refractivity (Wildman–Crippen MR) is 88.8 cm³/mol. The second-order valence-corrected chi connectivity index (χ2v) is 6.60. The zero-order chi connectivity index (χ0) is 16.9. The zero-order valence-corrected chi connectivity index (χ0v) is 13.4. The maximum atomic E-state index is 12.1. The lowest BCUT2D eigenvalue weighted by Crippen LogP contribution is -2.23. The van der Waals surface area contributed by atoms with Crippen LogP contribution in [0.2, 0.25) is 0 Å². The van der Waals surface area contributed by atoms with Gasteiger partial charge in [-0.15, -0.1) is 6.58 Å². The van der Waals surface area contributed by atoms with Gasteiger partial charge in [0.15, 0.2) is 0 Å². The van der Waals surface area contributed by atoms with E-state index >= 15 is 0 Å². The molecule has 7 heteroatoms. The third-order valence-corrected chi connectivity index (χ3v) is 4.44. The molecule has 23 heavy (non-hydrogen) atoms. The first-order valence-corrected chi connectivity index (χ1v) is 8.35. The molecule has 2 rings (SSSR count). The molecule has 1 aromatic carbocycles. The van der Waals surface area contributed by atoms with E-state index in [0.29, 0.717) is 11.4 Å². The average Bonchev–Trinajstić information content (AvgIpc) is 2.53. The highest BCUT2D eigenvalue weighted by Crippen LogP contribution is 2.12. The Morgan fingerprint density at radius 1 is 1.26 bits per heavy atom. The molecule has 120 valence electrons. The molecular formula is C16H17N3O3S. The van der Waals surface area contributed by atoms with Gasteiger partial charge in [0.25, 0.3) is 5.91 Å². The van der Waals surface area contributed by atoms with Gasteiger partial charge in [-0.2, -0.15) is 0 Å². The van der Waals surface area contributed by atoms with Gasteiger partial charge in [0.05, 0.1) is 4.90 Å². The van der Waals surface area contributed by atoms with Crippen molar-refractivity contribution < 1.29 is 13.2 Å². The van der Waals surface area contributed by atoms with Crippen LogP contribution in [0.3, 0.4) is 0 Å². The summed E-state index contributed by atoms with van der Waals surface area (Å²) in [5.41, 5.74) is 1.32. The Balaban J connectivity index is 2.13. The van der Waals surface area contributed by atoms with Crippen molar-refractivity contribution in [2.24, 2.45) is 0 Å². The topological polar surface area (TPSA) is 88.2 Å². The molecule has 0 saturated carbocycles. The van der Waals surface area contributed by atoms with E-state index in [0.717, 1.165) is 5.56 Å². The molecule has 1 amide bonds. The van der Waals surface area contributed by atoms with Gasteiger partial charge < -0.3 is 5.32 Å². The highest BCUT2D eigenvalue weighted by molar-refractivity contribution is 7.89. The Bertz CT molecular complexity index is 815. The number of nitrogens with zero attached hydrogens (tertiary/aromatic N) is 1. The minimum Gasteiger partial charge on any atom is -0.307 e. The van der Waals surface area contributed by atoms with Gasteiger partial charge in [0, 0.05) is 18.3 Å². The van der Waals surface area contributed by atoms with Gasteiger partial charge in [-0.25, -0.2) is 18.1 Å². The first-order valence-electron chi connectivity index (χ1n) is 6.87. The van der Waals surface area contributed by atoms with E-state index in [2.05, 4.69) is 21.6 Å². The lowest BCUT2D eigenvalue weighted by Gasteiger charge is -2.07. The van der Waals surface area contributed by atoms with Crippen molar-refractivity contribution in [3.05, 3.63) is 66.4 Å². The maximum Gasteiger partial charge on any atom is 0.256 e. The van der Waals surface area contributed by atoms with Crippen molar-refractivity contribution in [1.82, 2.24) is 9.71 Å². The van der Waals surface area contributed by atoms with Crippen molar-refractivity contribution in [2.45, 2.75) is 11.8 Å². The molecular weight excluding hydrogens is 314 g/mol. The lowest BCUT2D eigenvalue weighted by atomic mass is 10.2. The van der Waals surface area contributed by atoms with Crippen molar-refractivity contribution in [3.8, 4) is 0 Å². The quantitative estimate of drug-likeness (QED) is 0.794. The van der Waals surface area contributed by atoms with Crippen molar-refractivity contribution in [1.29, 1.82) is 0 Å². The molecule has 0 radical (unpaired) electrons. The highest BCUT2D eigenvalue weighted by atomic mass is 32.2. The first-order chi connectivity index (χ1) is 10.9. The fourth-order valence-corrected chi connectivity index (χ4v) is 2.83. The molecule has 0 unspecified atom stereocenters. The van der Waals surface area contributed by atoms with E-state index in [1.165, 1.54) is 30.3 Å². The minimum atomic E-state index is -3.59. The number of hydrogen-bond acceptors (Lipinski definition) is 4. The summed E-state index contributed by atoms with van der Waals surface area (Å²) in [5, 5.41) is 2.66. The number of carbonyl (C=O) groups is 1. The standard InChI is InChI=1S/C16H17N3O3S/c1-3-9-18-23(21,22)14-6-4-13(5-7-14)16(20)19-15-11-12(2)8-10-17-15/h3-8,10-11,18H,1,9H2,2H3,(H,17,19,20). The summed E-state index contributed by atoms with van der Waals surface area (Å²) in [6.45, 7) is 5.49. The van der Waals surface area contributed by atoms with Crippen LogP contribution in [0, 0.1) is 6.92 Å². The Morgan fingerprint density at radius 2 is 1.96 bits per heavy atom. The van der Waals surface area contributed by atoms with Gasteiger partial charge in [-0.05, 0) is 48.9 Å². The Kier molecular flexibility index (Phi) is 5.25. The fraction of sp³-hybridized carbons (Fsp3) is 0.125. The molecule has 0 saturated heterocycles. The van der Waals surface area contributed by atoms with Crippen LogP contribution in [0.15, 0.2) is 60.1 Å². The van der Waals surface area contributed by atoms with Crippen molar-refractivity contribution in [2.75, 3.05) is 11.9 Å². The average molecular weight is 331 g/mol. The molecule has 1 aromatic heterocycles. The second kappa shape index (κ2) is 7.17. The van der Waals surface area contributed by atoms with Crippen LogP contribution in [-0.2, 0) is 10.0 Å². The summed E-state index contributed by atoms with van der Waals surface area (Å²) in [6.07, 6.45) is 3.06. The summed E-state index contributed by atoms with van der Waals surface area (Å²) in [5.74, 6) is 0.0884. The number of benzene rings is 1. The Labute approximate surface area is 135 Å². The molecule has 0 bridgehead atoms. The molecule has 0 aliphatic carbocycles. The third kappa shape index (κ3) is 4.48. The summed E-state index contributed by atoms with van der Waals surface area (Å²) < 4.78 is 26.2. The number of aryl methyl sites for hydroxylation is 1. The molecule has 0 spiro atoms. The van der Waals surface area contributed by atoms with Gasteiger partial charge in [-0.3, -0.25) is 4.79 Å². The SMILES string of the molecule is C=CCNS(=O)(=O)c1ccc(C(=O)Nc2cc(C)ccn2)cc1. The summed E-state index contributed by atoms with van der Waals surface area (Å²) in [4.78, 5) is 16.3. The molecule has 0 fully saturated rings. The van der Waals surface area contributed by atoms with Crippen LogP contribution in [-0.4, -0.2) is 25.9 Å². The second-order valence-electron chi connectivity index (χ2n) is 4.84. The number of sulfonamides is 1. The summed E-state index contributed by atoms with van der Waals surface area (Å²) >= 11 is 0. The van der Waals surface area contributed by atoms with Gasteiger partial charge >= 0.3 is 0 Å². The molecule has 1 heterocycles. The normalized spacial score (nSPS) is 11.0. The van der Waals surface area contributed by atoms with E-state index in [1.54, 1.807) is 12.3 Å². The number of nitrogens with one attached hydrogen (secondary N) is 2. The van der Waals surface area contributed by atoms with Crippen LogP contribution in [0.1, 0.15) is 15.9 Å². The Morgan fingerprint density at radius 3 is 2.57 bits per heavy atom. The number of aromatic nitrogens is 1. The van der Waals surface area contributed by atoms with Crippen LogP contribution in [0.25, 0.3) is 0 Å². The smallest absolute Gasteiger partial charge is 0.256 e. The van der Waals surface area contributed by atoms with E-state index in [1.807, 2.05) is 13.0 Å². The minimum absolute atomic E-state index is 0.0876. The van der Waals surface area contributed by atoms with Crippen LogP contribution >= 0.6 is 0 Å². The molecule has 0 atom stereocenters. The largest absolute Gasteiger partial charge is 0.307 e. The summed E-state index contributed by atoms with van der Waals surface area (Å²) in [6, 6.07) is 9.23. The van der Waals surface area contributed by atoms with E-state index < -0.39 is 10.0 Å². The van der Waals surface area contributed by atoms with Crippen LogP contribution in [0.5, 0.6) is 0 Å². The predicted octanol–water partition coefficient (Wildman–Crippen LogP) is 2.11. The maximum absolute atomic E-state index is 12.1. The molecule has 6 nitrogen and oxygen atoms in total. The Hall–Kier alpha value is -2.51.